The molecule has 0 aliphatic heterocycles. The Balaban J connectivity index is 1.95. The zero-order chi connectivity index (χ0) is 13.2. The van der Waals surface area contributed by atoms with Crippen molar-refractivity contribution in [2.75, 3.05) is 5.73 Å². The lowest BCUT2D eigenvalue weighted by atomic mass is 10.2. The van der Waals surface area contributed by atoms with Crippen LogP contribution >= 0.6 is 11.3 Å². The number of nitrogens with zero attached hydrogens (tertiary/aromatic N) is 2. The number of aromatic nitrogens is 2. The normalized spacial score (nSPS) is 10.6. The predicted octanol–water partition coefficient (Wildman–Crippen LogP) is 3.59. The highest BCUT2D eigenvalue weighted by molar-refractivity contribution is 7.13. The summed E-state index contributed by atoms with van der Waals surface area (Å²) < 4.78 is 12.8. The van der Waals surface area contributed by atoms with Crippen molar-refractivity contribution in [3.8, 4) is 22.0 Å². The monoisotopic (exact) mass is 271 g/mol. The number of rotatable bonds is 2. The minimum Gasteiger partial charge on any atom is -0.399 e. The molecule has 0 atom stereocenters. The molecule has 0 aliphatic carbocycles. The van der Waals surface area contributed by atoms with E-state index in [2.05, 4.69) is 9.97 Å². The quantitative estimate of drug-likeness (QED) is 0.725. The summed E-state index contributed by atoms with van der Waals surface area (Å²) in [6.45, 7) is 0. The largest absolute Gasteiger partial charge is 0.399 e. The van der Waals surface area contributed by atoms with Crippen LogP contribution in [0.4, 0.5) is 10.1 Å². The molecule has 5 heteroatoms. The van der Waals surface area contributed by atoms with E-state index in [4.69, 9.17) is 5.73 Å². The van der Waals surface area contributed by atoms with Crippen molar-refractivity contribution in [2.45, 2.75) is 0 Å². The first-order chi connectivity index (χ1) is 9.22. The van der Waals surface area contributed by atoms with Crippen molar-refractivity contribution in [2.24, 2.45) is 0 Å². The molecule has 0 fully saturated rings. The van der Waals surface area contributed by atoms with Gasteiger partial charge < -0.3 is 5.73 Å². The van der Waals surface area contributed by atoms with Crippen molar-refractivity contribution < 1.29 is 4.39 Å². The van der Waals surface area contributed by atoms with E-state index in [9.17, 15) is 4.39 Å². The number of thiazole rings is 1. The Morgan fingerprint density at radius 1 is 1.00 bits per heavy atom. The van der Waals surface area contributed by atoms with Crippen molar-refractivity contribution in [3.63, 3.8) is 0 Å². The maximum absolute atomic E-state index is 12.8. The first-order valence-corrected chi connectivity index (χ1v) is 6.54. The molecular weight excluding hydrogens is 261 g/mol. The van der Waals surface area contributed by atoms with Crippen molar-refractivity contribution in [1.82, 2.24) is 9.97 Å². The molecule has 2 aromatic heterocycles. The Labute approximate surface area is 113 Å². The highest BCUT2D eigenvalue weighted by atomic mass is 32.1. The van der Waals surface area contributed by atoms with Gasteiger partial charge in [0.15, 0.2) is 0 Å². The van der Waals surface area contributed by atoms with Gasteiger partial charge in [-0.1, -0.05) is 0 Å². The topological polar surface area (TPSA) is 51.8 Å². The molecule has 3 aromatic rings. The number of benzene rings is 1. The van der Waals surface area contributed by atoms with Crippen LogP contribution in [0.1, 0.15) is 0 Å². The van der Waals surface area contributed by atoms with Crippen LogP contribution in [0.5, 0.6) is 0 Å². The summed E-state index contributed by atoms with van der Waals surface area (Å²) in [5, 5.41) is 2.80. The van der Waals surface area contributed by atoms with Gasteiger partial charge in [0.05, 0.1) is 11.9 Å². The van der Waals surface area contributed by atoms with Gasteiger partial charge in [-0.2, -0.15) is 0 Å². The molecule has 3 nitrogen and oxygen atoms in total. The Morgan fingerprint density at radius 2 is 1.79 bits per heavy atom. The lowest BCUT2D eigenvalue weighted by Crippen LogP contribution is -1.86. The summed E-state index contributed by atoms with van der Waals surface area (Å²) in [7, 11) is 0. The van der Waals surface area contributed by atoms with Gasteiger partial charge in [0.2, 0.25) is 0 Å². The second-order valence-corrected chi connectivity index (χ2v) is 4.88. The van der Waals surface area contributed by atoms with Gasteiger partial charge in [0, 0.05) is 16.6 Å². The zero-order valence-electron chi connectivity index (χ0n) is 9.88. The SMILES string of the molecule is Nc1ccc(-c2nc(-c3ccc(F)cn3)cs2)cc1. The third kappa shape index (κ3) is 2.46. The Morgan fingerprint density at radius 3 is 2.47 bits per heavy atom. The highest BCUT2D eigenvalue weighted by Gasteiger charge is 2.07. The maximum Gasteiger partial charge on any atom is 0.141 e. The number of nitrogens with two attached hydrogens (primary N) is 1. The minimum atomic E-state index is -0.349. The second-order valence-electron chi connectivity index (χ2n) is 4.02. The number of pyridine rings is 1. The van der Waals surface area contributed by atoms with Crippen LogP contribution in [-0.4, -0.2) is 9.97 Å². The number of anilines is 1. The fourth-order valence-electron chi connectivity index (χ4n) is 1.68. The van der Waals surface area contributed by atoms with Gasteiger partial charge in [0.25, 0.3) is 0 Å². The molecule has 1 aromatic carbocycles. The first kappa shape index (κ1) is 11.8. The molecule has 0 saturated carbocycles. The fraction of sp³-hybridized carbons (Fsp3) is 0. The van der Waals surface area contributed by atoms with Gasteiger partial charge in [-0.3, -0.25) is 4.98 Å². The van der Waals surface area contributed by atoms with Crippen molar-refractivity contribution in [3.05, 3.63) is 53.8 Å². The van der Waals surface area contributed by atoms with Gasteiger partial charge >= 0.3 is 0 Å². The van der Waals surface area contributed by atoms with Crippen LogP contribution in [0, 0.1) is 5.82 Å². The van der Waals surface area contributed by atoms with E-state index in [1.165, 1.54) is 23.6 Å². The standard InChI is InChI=1S/C14H10FN3S/c15-10-3-6-12(17-7-10)13-8-19-14(18-13)9-1-4-11(16)5-2-9/h1-8H,16H2. The fourth-order valence-corrected chi connectivity index (χ4v) is 2.50. The summed E-state index contributed by atoms with van der Waals surface area (Å²) in [4.78, 5) is 8.52. The molecule has 0 aliphatic rings. The van der Waals surface area contributed by atoms with Crippen LogP contribution < -0.4 is 5.73 Å². The second kappa shape index (κ2) is 4.78. The molecular formula is C14H10FN3S. The Bertz CT molecular complexity index is 629. The lowest BCUT2D eigenvalue weighted by Gasteiger charge is -1.97. The summed E-state index contributed by atoms with van der Waals surface area (Å²) in [6.07, 6.45) is 1.19. The minimum absolute atomic E-state index is 0.349. The molecule has 0 amide bonds. The van der Waals surface area contributed by atoms with Crippen LogP contribution in [0.25, 0.3) is 22.0 Å². The summed E-state index contributed by atoms with van der Waals surface area (Å²) >= 11 is 1.52. The number of nitrogen functional groups attached to an aromatic ring is 1. The third-order valence-corrected chi connectivity index (χ3v) is 3.54. The zero-order valence-corrected chi connectivity index (χ0v) is 10.7. The molecule has 2 heterocycles. The summed E-state index contributed by atoms with van der Waals surface area (Å²) in [6, 6.07) is 10.5. The third-order valence-electron chi connectivity index (χ3n) is 2.65. The molecule has 0 bridgehead atoms. The summed E-state index contributed by atoms with van der Waals surface area (Å²) in [5.74, 6) is -0.349. The molecule has 0 saturated heterocycles. The average molecular weight is 271 g/mol. The molecule has 0 spiro atoms. The van der Waals surface area contributed by atoms with Crippen LogP contribution in [0.2, 0.25) is 0 Å². The van der Waals surface area contributed by atoms with E-state index in [0.717, 1.165) is 22.0 Å². The molecule has 19 heavy (non-hydrogen) atoms. The van der Waals surface area contributed by atoms with E-state index in [0.29, 0.717) is 5.69 Å². The van der Waals surface area contributed by atoms with Gasteiger partial charge in [-0.25, -0.2) is 9.37 Å². The van der Waals surface area contributed by atoms with Crippen LogP contribution in [0.15, 0.2) is 48.0 Å². The van der Waals surface area contributed by atoms with Crippen LogP contribution in [-0.2, 0) is 0 Å². The predicted molar refractivity (Wildman–Crippen MR) is 75.2 cm³/mol. The number of hydrogen-bond acceptors (Lipinski definition) is 4. The van der Waals surface area contributed by atoms with E-state index in [1.807, 2.05) is 29.6 Å². The van der Waals surface area contributed by atoms with Gasteiger partial charge in [-0.15, -0.1) is 11.3 Å². The Kier molecular flexibility index (Phi) is 2.97. The van der Waals surface area contributed by atoms with E-state index < -0.39 is 0 Å². The Hall–Kier alpha value is -2.27. The van der Waals surface area contributed by atoms with E-state index >= 15 is 0 Å². The lowest BCUT2D eigenvalue weighted by molar-refractivity contribution is 0.622. The molecule has 3 rings (SSSR count). The van der Waals surface area contributed by atoms with E-state index in [-0.39, 0.29) is 5.82 Å². The van der Waals surface area contributed by atoms with Crippen LogP contribution in [0.3, 0.4) is 0 Å². The molecule has 0 radical (unpaired) electrons. The summed E-state index contributed by atoms with van der Waals surface area (Å²) in [5.41, 5.74) is 8.80. The number of hydrogen-bond donors (Lipinski definition) is 1. The maximum atomic E-state index is 12.8. The molecule has 0 unspecified atom stereocenters. The molecule has 94 valence electrons. The molecule has 2 N–H and O–H groups in total. The van der Waals surface area contributed by atoms with E-state index in [1.54, 1.807) is 6.07 Å². The highest BCUT2D eigenvalue weighted by Crippen LogP contribution is 2.28. The van der Waals surface area contributed by atoms with Crippen molar-refractivity contribution >= 4 is 17.0 Å². The van der Waals surface area contributed by atoms with Crippen molar-refractivity contribution in [1.29, 1.82) is 0 Å². The first-order valence-electron chi connectivity index (χ1n) is 5.66. The number of halogens is 1. The average Bonchev–Trinajstić information content (AvgIpc) is 2.90. The smallest absolute Gasteiger partial charge is 0.141 e. The van der Waals surface area contributed by atoms with Gasteiger partial charge in [0.1, 0.15) is 16.5 Å². The van der Waals surface area contributed by atoms with Gasteiger partial charge in [-0.05, 0) is 36.4 Å².